The average Bonchev–Trinajstić information content (AvgIpc) is 2.56. The zero-order chi connectivity index (χ0) is 16.7. The number of nitrogens with zero attached hydrogens (tertiary/aromatic N) is 1. The summed E-state index contributed by atoms with van der Waals surface area (Å²) >= 11 is 0. The summed E-state index contributed by atoms with van der Waals surface area (Å²) in [6.45, 7) is 0. The van der Waals surface area contributed by atoms with E-state index in [2.05, 4.69) is 10.6 Å². The molecule has 0 spiro atoms. The normalized spacial score (nSPS) is 9.57. The number of hydrogen-bond donors (Lipinski definition) is 2. The molecule has 0 aliphatic rings. The molecule has 0 fully saturated rings. The maximum atomic E-state index is 12.3. The van der Waals surface area contributed by atoms with Crippen LogP contribution in [0.5, 0.6) is 5.75 Å². The van der Waals surface area contributed by atoms with Gasteiger partial charge in [0.1, 0.15) is 12.2 Å². The molecule has 2 aromatic carbocycles. The molecule has 2 N–H and O–H groups in total. The first-order chi connectivity index (χ1) is 11.1. The van der Waals surface area contributed by atoms with E-state index in [0.717, 1.165) is 0 Å². The van der Waals surface area contributed by atoms with E-state index in [1.54, 1.807) is 30.3 Å². The highest BCUT2D eigenvalue weighted by atomic mass is 16.5. The number of rotatable bonds is 5. The van der Waals surface area contributed by atoms with Gasteiger partial charge in [0, 0.05) is 11.3 Å². The van der Waals surface area contributed by atoms with Crippen molar-refractivity contribution in [3.8, 4) is 11.8 Å². The Kier molecular flexibility index (Phi) is 5.31. The van der Waals surface area contributed by atoms with Crippen LogP contribution in [0, 0.1) is 11.3 Å². The highest BCUT2D eigenvalue weighted by Crippen LogP contribution is 2.26. The number of carbonyl (C=O) groups is 2. The molecule has 0 aliphatic carbocycles. The van der Waals surface area contributed by atoms with Crippen LogP contribution in [0.3, 0.4) is 0 Å². The van der Waals surface area contributed by atoms with Crippen molar-refractivity contribution in [2.24, 2.45) is 0 Å². The molecule has 0 saturated heterocycles. The highest BCUT2D eigenvalue weighted by Gasteiger charge is 2.12. The van der Waals surface area contributed by atoms with Crippen LogP contribution in [0.1, 0.15) is 16.8 Å². The molecule has 0 aliphatic heterocycles. The Bertz CT molecular complexity index is 751. The van der Waals surface area contributed by atoms with Gasteiger partial charge >= 0.3 is 0 Å². The Morgan fingerprint density at radius 1 is 1.13 bits per heavy atom. The summed E-state index contributed by atoms with van der Waals surface area (Å²) < 4.78 is 5.15. The van der Waals surface area contributed by atoms with E-state index in [1.807, 2.05) is 18.2 Å². The lowest BCUT2D eigenvalue weighted by molar-refractivity contribution is -0.115. The minimum absolute atomic E-state index is 0.274. The SMILES string of the molecule is COc1ccc(C(=O)Nc2ccccc2)cc1NC(=O)CC#N. The number of para-hydroxylation sites is 1. The number of benzene rings is 2. The summed E-state index contributed by atoms with van der Waals surface area (Å²) in [5.41, 5.74) is 1.37. The summed E-state index contributed by atoms with van der Waals surface area (Å²) in [6.07, 6.45) is -0.274. The van der Waals surface area contributed by atoms with Gasteiger partial charge < -0.3 is 15.4 Å². The predicted molar refractivity (Wildman–Crippen MR) is 86.2 cm³/mol. The summed E-state index contributed by atoms with van der Waals surface area (Å²) in [6, 6.07) is 15.5. The number of anilines is 2. The molecule has 6 nitrogen and oxygen atoms in total. The minimum atomic E-state index is -0.466. The standard InChI is InChI=1S/C17H15N3O3/c1-23-15-8-7-12(11-14(15)20-16(21)9-10-18)17(22)19-13-5-3-2-4-6-13/h2-8,11H,9H2,1H3,(H,19,22)(H,20,21). The first-order valence-electron chi connectivity index (χ1n) is 6.85. The fourth-order valence-corrected chi connectivity index (χ4v) is 1.94. The third-order valence-corrected chi connectivity index (χ3v) is 3.01. The molecule has 23 heavy (non-hydrogen) atoms. The lowest BCUT2D eigenvalue weighted by Crippen LogP contribution is -2.14. The van der Waals surface area contributed by atoms with Gasteiger partial charge in [0.2, 0.25) is 5.91 Å². The van der Waals surface area contributed by atoms with E-state index in [-0.39, 0.29) is 12.3 Å². The average molecular weight is 309 g/mol. The third-order valence-electron chi connectivity index (χ3n) is 3.01. The predicted octanol–water partition coefficient (Wildman–Crippen LogP) is 2.80. The molecule has 0 atom stereocenters. The Morgan fingerprint density at radius 2 is 1.87 bits per heavy atom. The van der Waals surface area contributed by atoms with Crippen LogP contribution in [0.4, 0.5) is 11.4 Å². The molecule has 2 aromatic rings. The minimum Gasteiger partial charge on any atom is -0.495 e. The molecule has 0 bridgehead atoms. The van der Waals surface area contributed by atoms with Gasteiger partial charge in [0.05, 0.1) is 18.9 Å². The van der Waals surface area contributed by atoms with Crippen LogP contribution < -0.4 is 15.4 Å². The van der Waals surface area contributed by atoms with Gasteiger partial charge in [-0.3, -0.25) is 9.59 Å². The number of nitriles is 1. The first-order valence-corrected chi connectivity index (χ1v) is 6.85. The largest absolute Gasteiger partial charge is 0.495 e. The van der Waals surface area contributed by atoms with Crippen molar-refractivity contribution in [1.29, 1.82) is 5.26 Å². The quantitative estimate of drug-likeness (QED) is 0.888. The maximum absolute atomic E-state index is 12.3. The van der Waals surface area contributed by atoms with E-state index < -0.39 is 5.91 Å². The van der Waals surface area contributed by atoms with Gasteiger partial charge in [-0.05, 0) is 30.3 Å². The van der Waals surface area contributed by atoms with Gasteiger partial charge in [-0.1, -0.05) is 18.2 Å². The van der Waals surface area contributed by atoms with Crippen LogP contribution >= 0.6 is 0 Å². The molecule has 116 valence electrons. The van der Waals surface area contributed by atoms with Crippen molar-refractivity contribution in [3.05, 3.63) is 54.1 Å². The van der Waals surface area contributed by atoms with Crippen molar-refractivity contribution in [2.75, 3.05) is 17.7 Å². The smallest absolute Gasteiger partial charge is 0.255 e. The van der Waals surface area contributed by atoms with Gasteiger partial charge in [-0.2, -0.15) is 5.26 Å². The second kappa shape index (κ2) is 7.61. The van der Waals surface area contributed by atoms with Gasteiger partial charge in [-0.15, -0.1) is 0 Å². The molecular weight excluding hydrogens is 294 g/mol. The lowest BCUT2D eigenvalue weighted by atomic mass is 10.1. The van der Waals surface area contributed by atoms with E-state index in [4.69, 9.17) is 10.00 Å². The van der Waals surface area contributed by atoms with Crippen molar-refractivity contribution in [2.45, 2.75) is 6.42 Å². The summed E-state index contributed by atoms with van der Waals surface area (Å²) in [5.74, 6) is -0.367. The zero-order valence-electron chi connectivity index (χ0n) is 12.5. The number of ether oxygens (including phenoxy) is 1. The lowest BCUT2D eigenvalue weighted by Gasteiger charge is -2.11. The van der Waals surface area contributed by atoms with E-state index >= 15 is 0 Å². The molecule has 2 amide bonds. The molecule has 0 heterocycles. The molecule has 2 rings (SSSR count). The van der Waals surface area contributed by atoms with Crippen molar-refractivity contribution in [3.63, 3.8) is 0 Å². The molecular formula is C17H15N3O3. The van der Waals surface area contributed by atoms with Crippen LogP contribution in [0.15, 0.2) is 48.5 Å². The second-order valence-electron chi connectivity index (χ2n) is 4.62. The van der Waals surface area contributed by atoms with Crippen LogP contribution in [-0.2, 0) is 4.79 Å². The number of carbonyl (C=O) groups excluding carboxylic acids is 2. The topological polar surface area (TPSA) is 91.2 Å². The fraction of sp³-hybridized carbons (Fsp3) is 0.118. The molecule has 0 radical (unpaired) electrons. The Labute approximate surface area is 133 Å². The number of hydrogen-bond acceptors (Lipinski definition) is 4. The van der Waals surface area contributed by atoms with E-state index in [1.165, 1.54) is 13.2 Å². The third kappa shape index (κ3) is 4.32. The van der Waals surface area contributed by atoms with Gasteiger partial charge in [-0.25, -0.2) is 0 Å². The number of amides is 2. The summed E-state index contributed by atoms with van der Waals surface area (Å²) in [4.78, 5) is 23.8. The van der Waals surface area contributed by atoms with Crippen LogP contribution in [0.25, 0.3) is 0 Å². The summed E-state index contributed by atoms with van der Waals surface area (Å²) in [7, 11) is 1.46. The van der Waals surface area contributed by atoms with E-state index in [0.29, 0.717) is 22.7 Å². The highest BCUT2D eigenvalue weighted by molar-refractivity contribution is 6.05. The van der Waals surface area contributed by atoms with Crippen molar-refractivity contribution < 1.29 is 14.3 Å². The van der Waals surface area contributed by atoms with Gasteiger partial charge in [0.25, 0.3) is 5.91 Å². The van der Waals surface area contributed by atoms with Gasteiger partial charge in [0.15, 0.2) is 0 Å². The first kappa shape index (κ1) is 16.0. The Balaban J connectivity index is 2.21. The zero-order valence-corrected chi connectivity index (χ0v) is 12.5. The number of methoxy groups -OCH3 is 1. The summed E-state index contributed by atoms with van der Waals surface area (Å²) in [5, 5.41) is 13.9. The molecule has 0 unspecified atom stereocenters. The van der Waals surface area contributed by atoms with Crippen LogP contribution in [0.2, 0.25) is 0 Å². The van der Waals surface area contributed by atoms with Crippen molar-refractivity contribution in [1.82, 2.24) is 0 Å². The second-order valence-corrected chi connectivity index (χ2v) is 4.62. The number of nitrogens with one attached hydrogen (secondary N) is 2. The van der Waals surface area contributed by atoms with E-state index in [9.17, 15) is 9.59 Å². The van der Waals surface area contributed by atoms with Crippen LogP contribution in [-0.4, -0.2) is 18.9 Å². The molecule has 6 heteroatoms. The molecule has 0 aromatic heterocycles. The van der Waals surface area contributed by atoms with Crippen molar-refractivity contribution >= 4 is 23.2 Å². The maximum Gasteiger partial charge on any atom is 0.255 e. The monoisotopic (exact) mass is 309 g/mol. The fourth-order valence-electron chi connectivity index (χ4n) is 1.94. The Hall–Kier alpha value is -3.33. The Morgan fingerprint density at radius 3 is 2.52 bits per heavy atom. The molecule has 0 saturated carbocycles.